The standard InChI is InChI=1S/CH3ClF2Si/c2-1(3,4)5/h5H3. The molecule has 0 aromatic carbocycles. The highest BCUT2D eigenvalue weighted by Crippen LogP contribution is 2.10. The Balaban J connectivity index is 3.02. The lowest BCUT2D eigenvalue weighted by Gasteiger charge is -1.91. The molecule has 0 fully saturated rings. The van der Waals surface area contributed by atoms with Crippen molar-refractivity contribution in [2.45, 2.75) is 5.00 Å². The minimum absolute atomic E-state index is 0.260. The molecule has 32 valence electrons. The van der Waals surface area contributed by atoms with Gasteiger partial charge in [0.1, 0.15) is 10.2 Å². The molecule has 0 atom stereocenters. The summed E-state index contributed by atoms with van der Waals surface area (Å²) in [7, 11) is -0.260. The van der Waals surface area contributed by atoms with Gasteiger partial charge in [0, 0.05) is 0 Å². The molecule has 0 N–H and O–H groups in total. The first-order valence-electron chi connectivity index (χ1n) is 1.07. The van der Waals surface area contributed by atoms with Gasteiger partial charge in [-0.05, 0) is 0 Å². The fourth-order valence-electron chi connectivity index (χ4n) is 0. The van der Waals surface area contributed by atoms with Crippen molar-refractivity contribution in [1.29, 1.82) is 0 Å². The SMILES string of the molecule is FC(F)([SiH3])Cl. The molecule has 0 saturated carbocycles. The molecule has 0 amide bonds. The van der Waals surface area contributed by atoms with Crippen molar-refractivity contribution in [3.63, 3.8) is 0 Å². The van der Waals surface area contributed by atoms with Crippen LogP contribution in [0, 0.1) is 0 Å². The van der Waals surface area contributed by atoms with Crippen LogP contribution in [0.15, 0.2) is 0 Å². The zero-order chi connectivity index (χ0) is 4.50. The van der Waals surface area contributed by atoms with Gasteiger partial charge in [-0.15, -0.1) is 0 Å². The number of alkyl halides is 3. The molecule has 0 aromatic heterocycles. The summed E-state index contributed by atoms with van der Waals surface area (Å²) in [6, 6.07) is 0. The van der Waals surface area contributed by atoms with Gasteiger partial charge >= 0.3 is 0 Å². The maximum atomic E-state index is 10.8. The van der Waals surface area contributed by atoms with Gasteiger partial charge in [0.25, 0.3) is 5.00 Å². The Hall–Kier alpha value is 0.367. The number of halogens is 3. The first-order chi connectivity index (χ1) is 2.00. The summed E-state index contributed by atoms with van der Waals surface area (Å²) in [5.74, 6) is 0. The Kier molecular flexibility index (Phi) is 1.31. The molecule has 4 heteroatoms. The molecule has 0 bridgehead atoms. The van der Waals surface area contributed by atoms with Gasteiger partial charge in [0.15, 0.2) is 0 Å². The maximum absolute atomic E-state index is 10.8. The molecule has 0 rings (SSSR count). The Morgan fingerprint density at radius 1 is 1.60 bits per heavy atom. The predicted octanol–water partition coefficient (Wildman–Crippen LogP) is 0.141. The second-order valence-corrected chi connectivity index (χ2v) is 3.33. The highest BCUT2D eigenvalue weighted by molar-refractivity contribution is 6.41. The Morgan fingerprint density at radius 2 is 1.60 bits per heavy atom. The predicted molar refractivity (Wildman–Crippen MR) is 20.7 cm³/mol. The van der Waals surface area contributed by atoms with E-state index in [0.29, 0.717) is 0 Å². The van der Waals surface area contributed by atoms with Crippen LogP contribution >= 0.6 is 11.6 Å². The summed E-state index contributed by atoms with van der Waals surface area (Å²) in [5, 5.41) is -2.89. The lowest BCUT2D eigenvalue weighted by molar-refractivity contribution is 0.193. The average molecular weight is 117 g/mol. The molecule has 0 aromatic rings. The monoisotopic (exact) mass is 116 g/mol. The van der Waals surface area contributed by atoms with E-state index in [-0.39, 0.29) is 10.2 Å². The molecular weight excluding hydrogens is 114 g/mol. The fraction of sp³-hybridized carbons (Fsp3) is 1.00. The van der Waals surface area contributed by atoms with Crippen molar-refractivity contribution in [3.8, 4) is 0 Å². The van der Waals surface area contributed by atoms with E-state index in [9.17, 15) is 8.78 Å². The summed E-state index contributed by atoms with van der Waals surface area (Å²) < 4.78 is 21.7. The van der Waals surface area contributed by atoms with E-state index < -0.39 is 5.00 Å². The molecule has 0 aliphatic carbocycles. The molecule has 0 heterocycles. The third-order valence-electron chi connectivity index (χ3n) is 0. The second kappa shape index (κ2) is 1.22. The van der Waals surface area contributed by atoms with Crippen LogP contribution in [0.2, 0.25) is 0 Å². The van der Waals surface area contributed by atoms with Crippen molar-refractivity contribution in [3.05, 3.63) is 0 Å². The minimum atomic E-state index is -2.89. The van der Waals surface area contributed by atoms with Crippen LogP contribution < -0.4 is 0 Å². The normalized spacial score (nSPS) is 12.6. The number of hydrogen-bond acceptors (Lipinski definition) is 0. The quantitative estimate of drug-likeness (QED) is 0.312. The summed E-state index contributed by atoms with van der Waals surface area (Å²) in [6.07, 6.45) is 0. The van der Waals surface area contributed by atoms with Gasteiger partial charge in [-0.1, -0.05) is 11.6 Å². The lowest BCUT2D eigenvalue weighted by atomic mass is 11.6. The topological polar surface area (TPSA) is 0 Å². The second-order valence-electron chi connectivity index (χ2n) is 0.781. The molecule has 0 saturated heterocycles. The molecule has 0 nitrogen and oxygen atoms in total. The highest BCUT2D eigenvalue weighted by atomic mass is 35.5. The fourth-order valence-corrected chi connectivity index (χ4v) is 0. The summed E-state index contributed by atoms with van der Waals surface area (Å²) in [5.41, 5.74) is 0. The van der Waals surface area contributed by atoms with Gasteiger partial charge in [-0.25, -0.2) is 0 Å². The van der Waals surface area contributed by atoms with Gasteiger partial charge in [-0.3, -0.25) is 0 Å². The van der Waals surface area contributed by atoms with Gasteiger partial charge in [0.05, 0.1) is 0 Å². The van der Waals surface area contributed by atoms with E-state index >= 15 is 0 Å². The Morgan fingerprint density at radius 3 is 1.60 bits per heavy atom. The largest absolute Gasteiger partial charge is 0.289 e. The van der Waals surface area contributed by atoms with Crippen LogP contribution in [0.3, 0.4) is 0 Å². The molecular formula is CH3ClF2Si. The van der Waals surface area contributed by atoms with E-state index in [0.717, 1.165) is 0 Å². The van der Waals surface area contributed by atoms with Gasteiger partial charge < -0.3 is 0 Å². The third-order valence-corrected chi connectivity index (χ3v) is 0. The van der Waals surface area contributed by atoms with E-state index in [1.165, 1.54) is 0 Å². The average Bonchev–Trinajstić information content (AvgIpc) is 0.722. The summed E-state index contributed by atoms with van der Waals surface area (Å²) in [6.45, 7) is 0. The van der Waals surface area contributed by atoms with E-state index in [4.69, 9.17) is 0 Å². The van der Waals surface area contributed by atoms with Crippen molar-refractivity contribution in [1.82, 2.24) is 0 Å². The Bertz CT molecular complexity index is 25.1. The molecule has 0 radical (unpaired) electrons. The number of hydrogen-bond donors (Lipinski definition) is 0. The maximum Gasteiger partial charge on any atom is 0.289 e. The van der Waals surface area contributed by atoms with Crippen LogP contribution in [-0.4, -0.2) is 15.2 Å². The van der Waals surface area contributed by atoms with Crippen LogP contribution in [0.4, 0.5) is 8.78 Å². The van der Waals surface area contributed by atoms with Gasteiger partial charge in [-0.2, -0.15) is 8.78 Å². The lowest BCUT2D eigenvalue weighted by Crippen LogP contribution is -2.01. The van der Waals surface area contributed by atoms with Crippen LogP contribution in [0.5, 0.6) is 0 Å². The van der Waals surface area contributed by atoms with Crippen LogP contribution in [0.1, 0.15) is 0 Å². The van der Waals surface area contributed by atoms with Crippen molar-refractivity contribution in [2.24, 2.45) is 0 Å². The van der Waals surface area contributed by atoms with Crippen molar-refractivity contribution < 1.29 is 8.78 Å². The van der Waals surface area contributed by atoms with E-state index in [1.54, 1.807) is 0 Å². The summed E-state index contributed by atoms with van der Waals surface area (Å²) in [4.78, 5) is 0. The van der Waals surface area contributed by atoms with E-state index in [2.05, 4.69) is 11.6 Å². The van der Waals surface area contributed by atoms with Crippen LogP contribution in [-0.2, 0) is 0 Å². The molecule has 0 aliphatic rings. The number of rotatable bonds is 0. The molecule has 0 spiro atoms. The first kappa shape index (κ1) is 5.37. The van der Waals surface area contributed by atoms with Crippen molar-refractivity contribution >= 4 is 21.8 Å². The molecule has 5 heavy (non-hydrogen) atoms. The smallest absolute Gasteiger partial charge is 0.195 e. The first-order valence-corrected chi connectivity index (χ1v) is 2.44. The van der Waals surface area contributed by atoms with Crippen molar-refractivity contribution in [2.75, 3.05) is 0 Å². The van der Waals surface area contributed by atoms with Crippen LogP contribution in [0.25, 0.3) is 0 Å². The minimum Gasteiger partial charge on any atom is -0.195 e. The van der Waals surface area contributed by atoms with Gasteiger partial charge in [0.2, 0.25) is 0 Å². The molecule has 0 unspecified atom stereocenters. The zero-order valence-corrected chi connectivity index (χ0v) is 5.39. The zero-order valence-electron chi connectivity index (χ0n) is 2.63. The third kappa shape index (κ3) is 182. The molecule has 0 aliphatic heterocycles. The summed E-state index contributed by atoms with van der Waals surface area (Å²) >= 11 is 4.26. The highest BCUT2D eigenvalue weighted by Gasteiger charge is 2.12. The Labute approximate surface area is 36.5 Å². The van der Waals surface area contributed by atoms with E-state index in [1.807, 2.05) is 0 Å².